The Balaban J connectivity index is 1.55. The molecule has 0 radical (unpaired) electrons. The summed E-state index contributed by atoms with van der Waals surface area (Å²) in [5, 5.41) is 15.5. The largest absolute Gasteiger partial charge is 0.480 e. The quantitative estimate of drug-likeness (QED) is 0.301. The number of aliphatic carboxylic acids is 1. The molecule has 0 bridgehead atoms. The van der Waals surface area contributed by atoms with Crippen LogP contribution in [-0.4, -0.2) is 42.4 Å². The van der Waals surface area contributed by atoms with Gasteiger partial charge in [-0.2, -0.15) is 0 Å². The zero-order valence-corrected chi connectivity index (χ0v) is 19.6. The summed E-state index contributed by atoms with van der Waals surface area (Å²) in [5.74, 6) is -1.50. The molecule has 3 heterocycles. The first-order valence-electron chi connectivity index (χ1n) is 11.4. The summed E-state index contributed by atoms with van der Waals surface area (Å²) >= 11 is 0. The van der Waals surface area contributed by atoms with E-state index < -0.39 is 35.3 Å². The zero-order valence-electron chi connectivity index (χ0n) is 19.6. The van der Waals surface area contributed by atoms with E-state index in [1.807, 2.05) is 30.3 Å². The average molecular weight is 494 g/mol. The van der Waals surface area contributed by atoms with Crippen molar-refractivity contribution in [2.45, 2.75) is 38.6 Å². The number of amides is 1. The average Bonchev–Trinajstić information content (AvgIpc) is 3.11. The predicted octanol–water partition coefficient (Wildman–Crippen LogP) is -0.0601. The third-order valence-corrected chi connectivity index (χ3v) is 5.99. The highest BCUT2D eigenvalue weighted by Crippen LogP contribution is 2.14. The van der Waals surface area contributed by atoms with Gasteiger partial charge in [-0.05, 0) is 24.1 Å². The van der Waals surface area contributed by atoms with Crippen molar-refractivity contribution in [3.63, 3.8) is 0 Å². The number of hydrogen-bond acceptors (Lipinski definition) is 7. The summed E-state index contributed by atoms with van der Waals surface area (Å²) in [6.45, 7) is 2.15. The molecule has 2 unspecified atom stereocenters. The minimum Gasteiger partial charge on any atom is -0.480 e. The number of aromatic nitrogens is 4. The number of nitrogens with two attached hydrogens (primary N) is 1. The SMILES string of the molecule is Cc1nc(N)ccc1CNC(=O)C1C=CCn2c(=O)n(C(CNCc3ccccc3)C(=O)O)c(=O)n21. The number of rotatable bonds is 9. The van der Waals surface area contributed by atoms with Crippen LogP contribution in [0.3, 0.4) is 0 Å². The second-order valence-corrected chi connectivity index (χ2v) is 8.40. The first kappa shape index (κ1) is 24.7. The van der Waals surface area contributed by atoms with Crippen LogP contribution in [0.1, 0.15) is 28.9 Å². The van der Waals surface area contributed by atoms with Crippen LogP contribution >= 0.6 is 0 Å². The molecule has 0 aliphatic carbocycles. The predicted molar refractivity (Wildman–Crippen MR) is 131 cm³/mol. The van der Waals surface area contributed by atoms with Crippen LogP contribution in [0, 0.1) is 6.92 Å². The maximum absolute atomic E-state index is 13.3. The summed E-state index contributed by atoms with van der Waals surface area (Å²) in [7, 11) is 0. The molecule has 36 heavy (non-hydrogen) atoms. The minimum atomic E-state index is -1.45. The number of carbonyl (C=O) groups excluding carboxylic acids is 1. The first-order chi connectivity index (χ1) is 17.3. The number of allylic oxidation sites excluding steroid dienone is 1. The summed E-state index contributed by atoms with van der Waals surface area (Å²) < 4.78 is 2.76. The van der Waals surface area contributed by atoms with Gasteiger partial charge in [-0.25, -0.2) is 33.3 Å². The fraction of sp³-hybridized carbons (Fsp3) is 0.292. The van der Waals surface area contributed by atoms with Gasteiger partial charge in [0.2, 0.25) is 5.91 Å². The first-order valence-corrected chi connectivity index (χ1v) is 11.4. The lowest BCUT2D eigenvalue weighted by atomic mass is 10.2. The van der Waals surface area contributed by atoms with Crippen LogP contribution < -0.4 is 27.7 Å². The number of aryl methyl sites for hydroxylation is 1. The van der Waals surface area contributed by atoms with Crippen LogP contribution in [0.5, 0.6) is 0 Å². The molecule has 1 aliphatic rings. The highest BCUT2D eigenvalue weighted by Gasteiger charge is 2.33. The Morgan fingerprint density at radius 2 is 1.89 bits per heavy atom. The maximum Gasteiger partial charge on any atom is 0.349 e. The van der Waals surface area contributed by atoms with E-state index in [4.69, 9.17) is 5.73 Å². The van der Waals surface area contributed by atoms with E-state index in [2.05, 4.69) is 15.6 Å². The van der Waals surface area contributed by atoms with Gasteiger partial charge in [-0.15, -0.1) is 0 Å². The van der Waals surface area contributed by atoms with Crippen molar-refractivity contribution in [3.05, 3.63) is 92.4 Å². The topological polar surface area (TPSA) is 166 Å². The number of carboxylic acids is 1. The highest BCUT2D eigenvalue weighted by atomic mass is 16.4. The van der Waals surface area contributed by atoms with Crippen molar-refractivity contribution in [1.29, 1.82) is 0 Å². The summed E-state index contributed by atoms with van der Waals surface area (Å²) in [6.07, 6.45) is 3.10. The van der Waals surface area contributed by atoms with Crippen LogP contribution in [0.15, 0.2) is 64.2 Å². The molecule has 188 valence electrons. The molecule has 0 spiro atoms. The number of pyridine rings is 1. The third kappa shape index (κ3) is 4.98. The normalized spacial score (nSPS) is 15.3. The summed E-state index contributed by atoms with van der Waals surface area (Å²) in [5.41, 5.74) is 6.32. The Kier molecular flexibility index (Phi) is 7.15. The van der Waals surface area contributed by atoms with Crippen LogP contribution in [0.25, 0.3) is 0 Å². The Labute approximate surface area is 205 Å². The minimum absolute atomic E-state index is 0.0373. The van der Waals surface area contributed by atoms with E-state index in [-0.39, 0.29) is 19.6 Å². The number of nitrogen functional groups attached to an aromatic ring is 1. The fourth-order valence-corrected chi connectivity index (χ4v) is 4.10. The Morgan fingerprint density at radius 3 is 2.58 bits per heavy atom. The second kappa shape index (κ2) is 10.4. The van der Waals surface area contributed by atoms with Gasteiger partial charge in [0.1, 0.15) is 5.82 Å². The number of nitrogens with zero attached hydrogens (tertiary/aromatic N) is 4. The lowest BCUT2D eigenvalue weighted by Gasteiger charge is -2.20. The molecule has 12 heteroatoms. The standard InChI is InChI=1S/C24H27N7O5/c1-15-17(9-10-20(25)28-15)13-27-21(32)18-8-5-11-29-23(35)30(24(36)31(18)29)19(22(33)34)14-26-12-16-6-3-2-4-7-16/h2-10,18-19,26H,11-14H2,1H3,(H2,25,28)(H,27,32)(H,33,34). The molecule has 1 aliphatic heterocycles. The van der Waals surface area contributed by atoms with E-state index in [1.165, 1.54) is 6.08 Å². The van der Waals surface area contributed by atoms with Crippen molar-refractivity contribution in [2.24, 2.45) is 0 Å². The van der Waals surface area contributed by atoms with E-state index in [0.29, 0.717) is 22.6 Å². The summed E-state index contributed by atoms with van der Waals surface area (Å²) in [4.78, 5) is 55.5. The molecule has 1 aromatic carbocycles. The lowest BCUT2D eigenvalue weighted by Crippen LogP contribution is -2.43. The smallest absolute Gasteiger partial charge is 0.349 e. The molecule has 1 amide bonds. The Hall–Kier alpha value is -4.45. The molecule has 2 atom stereocenters. The number of anilines is 1. The van der Waals surface area contributed by atoms with Gasteiger partial charge in [-0.1, -0.05) is 48.6 Å². The van der Waals surface area contributed by atoms with Crippen LogP contribution in [-0.2, 0) is 29.2 Å². The third-order valence-electron chi connectivity index (χ3n) is 5.99. The van der Waals surface area contributed by atoms with Crippen LogP contribution in [0.4, 0.5) is 5.82 Å². The van der Waals surface area contributed by atoms with Crippen molar-refractivity contribution < 1.29 is 14.7 Å². The molecule has 0 saturated carbocycles. The van der Waals surface area contributed by atoms with Crippen LogP contribution in [0.2, 0.25) is 0 Å². The molecule has 2 aromatic heterocycles. The lowest BCUT2D eigenvalue weighted by molar-refractivity contribution is -0.141. The fourth-order valence-electron chi connectivity index (χ4n) is 4.10. The molecule has 5 N–H and O–H groups in total. The highest BCUT2D eigenvalue weighted by molar-refractivity contribution is 5.82. The summed E-state index contributed by atoms with van der Waals surface area (Å²) in [6, 6.07) is 10.1. The monoisotopic (exact) mass is 493 g/mol. The van der Waals surface area contributed by atoms with Crippen molar-refractivity contribution in [2.75, 3.05) is 12.3 Å². The number of carbonyl (C=O) groups is 2. The Bertz CT molecular complexity index is 1420. The van der Waals surface area contributed by atoms with Crippen molar-refractivity contribution in [3.8, 4) is 0 Å². The van der Waals surface area contributed by atoms with Gasteiger partial charge in [-0.3, -0.25) is 4.79 Å². The molecule has 12 nitrogen and oxygen atoms in total. The molecule has 3 aromatic rings. The van der Waals surface area contributed by atoms with Gasteiger partial charge in [0.05, 0.1) is 6.54 Å². The zero-order chi connectivity index (χ0) is 25.8. The van der Waals surface area contributed by atoms with Gasteiger partial charge < -0.3 is 21.5 Å². The number of nitrogens with one attached hydrogen (secondary N) is 2. The van der Waals surface area contributed by atoms with Gasteiger partial charge in [0.15, 0.2) is 12.1 Å². The molecular weight excluding hydrogens is 466 g/mol. The van der Waals surface area contributed by atoms with E-state index in [0.717, 1.165) is 20.5 Å². The van der Waals surface area contributed by atoms with Gasteiger partial charge >= 0.3 is 17.3 Å². The molecule has 0 fully saturated rings. The van der Waals surface area contributed by atoms with E-state index in [1.54, 1.807) is 25.1 Å². The van der Waals surface area contributed by atoms with Crippen molar-refractivity contribution >= 4 is 17.7 Å². The van der Waals surface area contributed by atoms with E-state index in [9.17, 15) is 24.3 Å². The number of benzene rings is 1. The number of hydrogen-bond donors (Lipinski definition) is 4. The Morgan fingerprint density at radius 1 is 1.14 bits per heavy atom. The van der Waals surface area contributed by atoms with Crippen molar-refractivity contribution in [1.82, 2.24) is 29.5 Å². The second-order valence-electron chi connectivity index (χ2n) is 8.40. The van der Waals surface area contributed by atoms with Gasteiger partial charge in [0, 0.05) is 25.3 Å². The maximum atomic E-state index is 13.3. The molecular formula is C24H27N7O5. The molecule has 4 rings (SSSR count). The number of carboxylic acid groups (broad SMARTS) is 1. The van der Waals surface area contributed by atoms with Gasteiger partial charge in [0.25, 0.3) is 0 Å². The van der Waals surface area contributed by atoms with E-state index >= 15 is 0 Å². The number of fused-ring (bicyclic) bond motifs is 1. The molecule has 0 saturated heterocycles.